The first-order valence-electron chi connectivity index (χ1n) is 5.55. The molecule has 0 amide bonds. The first-order valence-corrected chi connectivity index (χ1v) is 6.37. The van der Waals surface area contributed by atoms with Gasteiger partial charge in [0.05, 0.1) is 6.54 Å². The van der Waals surface area contributed by atoms with Gasteiger partial charge in [-0.1, -0.05) is 6.92 Å². The molecule has 1 N–H and O–H groups in total. The fraction of sp³-hybridized carbons (Fsp3) is 0.417. The van der Waals surface area contributed by atoms with Crippen molar-refractivity contribution in [3.8, 4) is 0 Å². The minimum atomic E-state index is 0.942. The standard InChI is InChI=1S/C12H17N3S/c1-3-12-14-6-7-15(12)9-11-5-4-10(16-11)8-13-2/h4-7,13H,3,8-9H2,1-2H3. The number of aryl methyl sites for hydroxylation is 1. The van der Waals surface area contributed by atoms with Crippen LogP contribution in [0.5, 0.6) is 0 Å². The first kappa shape index (κ1) is 11.4. The lowest BCUT2D eigenvalue weighted by Crippen LogP contribution is -2.03. The average Bonchev–Trinajstić information content (AvgIpc) is 2.89. The zero-order chi connectivity index (χ0) is 11.4. The lowest BCUT2D eigenvalue weighted by molar-refractivity contribution is 0.740. The molecule has 0 aromatic carbocycles. The second-order valence-corrected chi connectivity index (χ2v) is 4.98. The number of nitrogens with zero attached hydrogens (tertiary/aromatic N) is 2. The normalized spacial score (nSPS) is 10.9. The predicted molar refractivity (Wildman–Crippen MR) is 67.8 cm³/mol. The van der Waals surface area contributed by atoms with Gasteiger partial charge >= 0.3 is 0 Å². The van der Waals surface area contributed by atoms with Gasteiger partial charge in [0, 0.05) is 35.1 Å². The highest BCUT2D eigenvalue weighted by molar-refractivity contribution is 7.11. The smallest absolute Gasteiger partial charge is 0.108 e. The van der Waals surface area contributed by atoms with Gasteiger partial charge in [-0.25, -0.2) is 4.98 Å². The summed E-state index contributed by atoms with van der Waals surface area (Å²) in [6.07, 6.45) is 4.92. The number of hydrogen-bond acceptors (Lipinski definition) is 3. The van der Waals surface area contributed by atoms with Crippen LogP contribution >= 0.6 is 11.3 Å². The van der Waals surface area contributed by atoms with E-state index in [1.165, 1.54) is 9.75 Å². The van der Waals surface area contributed by atoms with Crippen LogP contribution in [0.15, 0.2) is 24.5 Å². The SMILES string of the molecule is CCc1nccn1Cc1ccc(CNC)s1. The number of nitrogens with one attached hydrogen (secondary N) is 1. The molecular formula is C12H17N3S. The van der Waals surface area contributed by atoms with Crippen LogP contribution in [-0.4, -0.2) is 16.6 Å². The third-order valence-corrected chi connectivity index (χ3v) is 3.58. The predicted octanol–water partition coefficient (Wildman–Crippen LogP) is 2.27. The van der Waals surface area contributed by atoms with Crippen LogP contribution in [0, 0.1) is 0 Å². The van der Waals surface area contributed by atoms with E-state index in [0.29, 0.717) is 0 Å². The molecule has 3 nitrogen and oxygen atoms in total. The van der Waals surface area contributed by atoms with Crippen molar-refractivity contribution < 1.29 is 0 Å². The molecule has 2 aromatic rings. The fourth-order valence-electron chi connectivity index (χ4n) is 1.74. The van der Waals surface area contributed by atoms with Crippen molar-refractivity contribution >= 4 is 11.3 Å². The Morgan fingerprint density at radius 3 is 2.94 bits per heavy atom. The third kappa shape index (κ3) is 2.51. The molecule has 2 heterocycles. The summed E-state index contributed by atoms with van der Waals surface area (Å²) in [4.78, 5) is 7.10. The third-order valence-electron chi connectivity index (χ3n) is 2.51. The second-order valence-electron chi connectivity index (χ2n) is 3.72. The number of hydrogen-bond donors (Lipinski definition) is 1. The van der Waals surface area contributed by atoms with E-state index in [2.05, 4.69) is 40.1 Å². The molecule has 2 aromatic heterocycles. The van der Waals surface area contributed by atoms with Gasteiger partial charge in [-0.15, -0.1) is 11.3 Å². The zero-order valence-corrected chi connectivity index (χ0v) is 10.5. The molecule has 2 rings (SSSR count). The van der Waals surface area contributed by atoms with Crippen molar-refractivity contribution in [2.75, 3.05) is 7.05 Å². The van der Waals surface area contributed by atoms with Gasteiger partial charge in [0.2, 0.25) is 0 Å². The summed E-state index contributed by atoms with van der Waals surface area (Å²) in [6.45, 7) is 4.03. The zero-order valence-electron chi connectivity index (χ0n) is 9.73. The van der Waals surface area contributed by atoms with Gasteiger partial charge in [0.1, 0.15) is 5.82 Å². The summed E-state index contributed by atoms with van der Waals surface area (Å²) in [5.41, 5.74) is 0. The largest absolute Gasteiger partial charge is 0.330 e. The number of aromatic nitrogens is 2. The summed E-state index contributed by atoms with van der Waals surface area (Å²) in [5, 5.41) is 3.17. The van der Waals surface area contributed by atoms with Crippen LogP contribution in [-0.2, 0) is 19.5 Å². The molecule has 0 bridgehead atoms. The fourth-order valence-corrected chi connectivity index (χ4v) is 2.77. The first-order chi connectivity index (χ1) is 7.83. The molecule has 4 heteroatoms. The number of imidazole rings is 1. The van der Waals surface area contributed by atoms with Crippen LogP contribution in [0.1, 0.15) is 22.5 Å². The molecule has 0 aliphatic heterocycles. The summed E-state index contributed by atoms with van der Waals surface area (Å²) >= 11 is 1.86. The summed E-state index contributed by atoms with van der Waals surface area (Å²) < 4.78 is 2.22. The van der Waals surface area contributed by atoms with Crippen LogP contribution in [0.25, 0.3) is 0 Å². The van der Waals surface area contributed by atoms with Gasteiger partial charge < -0.3 is 9.88 Å². The van der Waals surface area contributed by atoms with Crippen molar-refractivity contribution in [2.24, 2.45) is 0 Å². The lowest BCUT2D eigenvalue weighted by Gasteiger charge is -2.03. The van der Waals surface area contributed by atoms with Crippen LogP contribution < -0.4 is 5.32 Å². The molecule has 0 unspecified atom stereocenters. The topological polar surface area (TPSA) is 29.9 Å². The van der Waals surface area contributed by atoms with E-state index in [-0.39, 0.29) is 0 Å². The van der Waals surface area contributed by atoms with E-state index >= 15 is 0 Å². The molecule has 0 saturated heterocycles. The molecule has 0 spiro atoms. The summed E-state index contributed by atoms with van der Waals surface area (Å²) in [6, 6.07) is 4.40. The van der Waals surface area contributed by atoms with Crippen molar-refractivity contribution in [1.29, 1.82) is 0 Å². The van der Waals surface area contributed by atoms with E-state index < -0.39 is 0 Å². The Balaban J connectivity index is 2.08. The second kappa shape index (κ2) is 5.27. The van der Waals surface area contributed by atoms with Crippen molar-refractivity contribution in [2.45, 2.75) is 26.4 Å². The Kier molecular flexibility index (Phi) is 3.74. The van der Waals surface area contributed by atoms with Crippen molar-refractivity contribution in [3.63, 3.8) is 0 Å². The van der Waals surface area contributed by atoms with Crippen molar-refractivity contribution in [1.82, 2.24) is 14.9 Å². The Hall–Kier alpha value is -1.13. The van der Waals surface area contributed by atoms with E-state index in [9.17, 15) is 0 Å². The number of rotatable bonds is 5. The quantitative estimate of drug-likeness (QED) is 0.861. The van der Waals surface area contributed by atoms with Gasteiger partial charge in [0.25, 0.3) is 0 Å². The molecule has 0 aliphatic carbocycles. The highest BCUT2D eigenvalue weighted by Gasteiger charge is 2.03. The van der Waals surface area contributed by atoms with E-state index in [4.69, 9.17) is 0 Å². The Labute approximate surface area is 100 Å². The number of thiophene rings is 1. The lowest BCUT2D eigenvalue weighted by atomic mass is 10.4. The van der Waals surface area contributed by atoms with Gasteiger partial charge in [0.15, 0.2) is 0 Å². The molecule has 0 atom stereocenters. The minimum absolute atomic E-state index is 0.942. The monoisotopic (exact) mass is 235 g/mol. The highest BCUT2D eigenvalue weighted by Crippen LogP contribution is 2.18. The van der Waals surface area contributed by atoms with Crippen LogP contribution in [0.2, 0.25) is 0 Å². The van der Waals surface area contributed by atoms with E-state index in [0.717, 1.165) is 25.3 Å². The highest BCUT2D eigenvalue weighted by atomic mass is 32.1. The molecular weight excluding hydrogens is 218 g/mol. The molecule has 0 fully saturated rings. The Morgan fingerprint density at radius 1 is 1.38 bits per heavy atom. The van der Waals surface area contributed by atoms with Crippen molar-refractivity contribution in [3.05, 3.63) is 40.1 Å². The Morgan fingerprint density at radius 2 is 2.19 bits per heavy atom. The summed E-state index contributed by atoms with van der Waals surface area (Å²) in [7, 11) is 1.98. The van der Waals surface area contributed by atoms with Gasteiger partial charge in [-0.3, -0.25) is 0 Å². The van der Waals surface area contributed by atoms with Gasteiger partial charge in [-0.2, -0.15) is 0 Å². The molecule has 0 saturated carbocycles. The molecule has 0 aliphatic rings. The van der Waals surface area contributed by atoms with Gasteiger partial charge in [-0.05, 0) is 19.2 Å². The maximum Gasteiger partial charge on any atom is 0.108 e. The van der Waals surface area contributed by atoms with Crippen LogP contribution in [0.4, 0.5) is 0 Å². The van der Waals surface area contributed by atoms with E-state index in [1.807, 2.05) is 24.6 Å². The molecule has 0 radical (unpaired) electrons. The summed E-state index contributed by atoms with van der Waals surface area (Å²) in [5.74, 6) is 1.16. The maximum atomic E-state index is 4.33. The minimum Gasteiger partial charge on any atom is -0.330 e. The maximum absolute atomic E-state index is 4.33. The Bertz CT molecular complexity index is 445. The molecule has 16 heavy (non-hydrogen) atoms. The molecule has 86 valence electrons. The average molecular weight is 235 g/mol. The van der Waals surface area contributed by atoms with E-state index in [1.54, 1.807) is 0 Å². The van der Waals surface area contributed by atoms with Crippen LogP contribution in [0.3, 0.4) is 0 Å².